The van der Waals surface area contributed by atoms with Crippen molar-refractivity contribution in [2.24, 2.45) is 0 Å². The minimum Gasteiger partial charge on any atom is -0.330 e. The van der Waals surface area contributed by atoms with Gasteiger partial charge in [-0.2, -0.15) is 0 Å². The van der Waals surface area contributed by atoms with Crippen LogP contribution >= 0.6 is 8.03 Å². The van der Waals surface area contributed by atoms with Crippen LogP contribution in [0, 0.1) is 0 Å². The molecule has 0 bridgehead atoms. The molecule has 0 saturated carbocycles. The van der Waals surface area contributed by atoms with Gasteiger partial charge in [0.25, 0.3) is 0 Å². The van der Waals surface area contributed by atoms with Gasteiger partial charge in [-0.25, -0.2) is 0 Å². The molecular formula is C10H15O2P. The molecule has 0 fully saturated rings. The van der Waals surface area contributed by atoms with Crippen molar-refractivity contribution in [2.45, 2.75) is 19.5 Å². The highest BCUT2D eigenvalue weighted by Crippen LogP contribution is 2.27. The Hall–Kier alpha value is -0.590. The van der Waals surface area contributed by atoms with E-state index in [4.69, 9.17) is 4.52 Å². The van der Waals surface area contributed by atoms with E-state index in [1.807, 2.05) is 37.3 Å². The second-order valence-corrected chi connectivity index (χ2v) is 4.27. The van der Waals surface area contributed by atoms with Gasteiger partial charge in [-0.3, -0.25) is 4.57 Å². The lowest BCUT2D eigenvalue weighted by Gasteiger charge is -2.02. The summed E-state index contributed by atoms with van der Waals surface area (Å²) < 4.78 is 16.5. The van der Waals surface area contributed by atoms with Gasteiger partial charge >= 0.3 is 0 Å². The van der Waals surface area contributed by atoms with Crippen molar-refractivity contribution < 1.29 is 9.09 Å². The minimum atomic E-state index is -1.85. The summed E-state index contributed by atoms with van der Waals surface area (Å²) in [4.78, 5) is 0. The Balaban J connectivity index is 2.37. The number of rotatable bonds is 5. The van der Waals surface area contributed by atoms with Crippen molar-refractivity contribution in [3.8, 4) is 0 Å². The van der Waals surface area contributed by atoms with E-state index in [9.17, 15) is 4.57 Å². The van der Waals surface area contributed by atoms with Gasteiger partial charge < -0.3 is 4.52 Å². The standard InChI is InChI=1S/C10H15O2P/c1-2-8-12-13(11)9-10-6-4-3-5-7-10/h3-7,13H,2,8-9H2,1H3. The molecule has 0 aliphatic heterocycles. The monoisotopic (exact) mass is 198 g/mol. The first-order valence-electron chi connectivity index (χ1n) is 4.52. The van der Waals surface area contributed by atoms with Gasteiger partial charge in [0, 0.05) is 6.16 Å². The van der Waals surface area contributed by atoms with Gasteiger partial charge in [0.1, 0.15) is 0 Å². The summed E-state index contributed by atoms with van der Waals surface area (Å²) in [5, 5.41) is 0. The van der Waals surface area contributed by atoms with E-state index < -0.39 is 8.03 Å². The molecule has 1 aromatic rings. The van der Waals surface area contributed by atoms with Crippen LogP contribution in [0.1, 0.15) is 18.9 Å². The molecule has 13 heavy (non-hydrogen) atoms. The van der Waals surface area contributed by atoms with Crippen LogP contribution < -0.4 is 0 Å². The highest BCUT2D eigenvalue weighted by Gasteiger charge is 1.99. The molecule has 3 heteroatoms. The zero-order chi connectivity index (χ0) is 9.52. The number of hydrogen-bond acceptors (Lipinski definition) is 2. The molecule has 0 aliphatic carbocycles. The fourth-order valence-corrected chi connectivity index (χ4v) is 2.13. The van der Waals surface area contributed by atoms with E-state index in [0.717, 1.165) is 12.0 Å². The quantitative estimate of drug-likeness (QED) is 0.679. The summed E-state index contributed by atoms with van der Waals surface area (Å²) in [6.45, 7) is 2.61. The topological polar surface area (TPSA) is 26.3 Å². The van der Waals surface area contributed by atoms with E-state index in [-0.39, 0.29) is 0 Å². The normalized spacial score (nSPS) is 12.7. The third kappa shape index (κ3) is 4.25. The van der Waals surface area contributed by atoms with Gasteiger partial charge in [0.2, 0.25) is 0 Å². The number of benzene rings is 1. The Morgan fingerprint density at radius 1 is 1.31 bits per heavy atom. The molecule has 0 aromatic heterocycles. The van der Waals surface area contributed by atoms with Gasteiger partial charge in [-0.05, 0) is 12.0 Å². The predicted octanol–water partition coefficient (Wildman–Crippen LogP) is 3.09. The Morgan fingerprint density at radius 3 is 2.62 bits per heavy atom. The summed E-state index contributed by atoms with van der Waals surface area (Å²) >= 11 is 0. The lowest BCUT2D eigenvalue weighted by molar-refractivity contribution is 0.328. The first-order chi connectivity index (χ1) is 6.33. The van der Waals surface area contributed by atoms with Crippen LogP contribution in [0.4, 0.5) is 0 Å². The van der Waals surface area contributed by atoms with Crippen molar-refractivity contribution in [1.29, 1.82) is 0 Å². The van der Waals surface area contributed by atoms with E-state index >= 15 is 0 Å². The molecule has 2 nitrogen and oxygen atoms in total. The summed E-state index contributed by atoms with van der Waals surface area (Å²) in [5.74, 6) is 0. The molecule has 0 N–H and O–H groups in total. The molecule has 1 atom stereocenters. The second kappa shape index (κ2) is 5.95. The Kier molecular flexibility index (Phi) is 4.81. The van der Waals surface area contributed by atoms with Crippen LogP contribution in [0.2, 0.25) is 0 Å². The Morgan fingerprint density at radius 2 is 2.00 bits per heavy atom. The summed E-state index contributed by atoms with van der Waals surface area (Å²) in [6, 6.07) is 9.79. The largest absolute Gasteiger partial charge is 0.330 e. The van der Waals surface area contributed by atoms with Gasteiger partial charge in [0.05, 0.1) is 6.61 Å². The maximum Gasteiger partial charge on any atom is 0.195 e. The smallest absolute Gasteiger partial charge is 0.195 e. The van der Waals surface area contributed by atoms with Crippen molar-refractivity contribution in [3.63, 3.8) is 0 Å². The fourth-order valence-electron chi connectivity index (χ4n) is 1.03. The van der Waals surface area contributed by atoms with Crippen LogP contribution in [0.25, 0.3) is 0 Å². The summed E-state index contributed by atoms with van der Waals surface area (Å²) in [5.41, 5.74) is 1.09. The highest BCUT2D eigenvalue weighted by molar-refractivity contribution is 7.38. The summed E-state index contributed by atoms with van der Waals surface area (Å²) in [6.07, 6.45) is 1.48. The van der Waals surface area contributed by atoms with Gasteiger partial charge in [-0.1, -0.05) is 37.3 Å². The molecule has 1 unspecified atom stereocenters. The molecule has 0 amide bonds. The molecule has 0 saturated heterocycles. The SMILES string of the molecule is CCCO[PH](=O)Cc1ccccc1. The van der Waals surface area contributed by atoms with Crippen LogP contribution in [0.3, 0.4) is 0 Å². The van der Waals surface area contributed by atoms with Crippen molar-refractivity contribution >= 4 is 8.03 Å². The molecular weight excluding hydrogens is 183 g/mol. The average molecular weight is 198 g/mol. The maximum atomic E-state index is 11.3. The lowest BCUT2D eigenvalue weighted by Crippen LogP contribution is -1.85. The van der Waals surface area contributed by atoms with E-state index in [1.165, 1.54) is 0 Å². The predicted molar refractivity (Wildman–Crippen MR) is 55.4 cm³/mol. The van der Waals surface area contributed by atoms with E-state index in [1.54, 1.807) is 0 Å². The molecule has 0 radical (unpaired) electrons. The molecule has 72 valence electrons. The van der Waals surface area contributed by atoms with Gasteiger partial charge in [-0.15, -0.1) is 0 Å². The van der Waals surface area contributed by atoms with Gasteiger partial charge in [0.15, 0.2) is 8.03 Å². The van der Waals surface area contributed by atoms with Crippen LogP contribution in [0.5, 0.6) is 0 Å². The molecule has 1 rings (SSSR count). The van der Waals surface area contributed by atoms with Crippen LogP contribution in [-0.4, -0.2) is 6.61 Å². The molecule has 0 heterocycles. The zero-order valence-electron chi connectivity index (χ0n) is 7.82. The number of hydrogen-bond donors (Lipinski definition) is 0. The highest BCUT2D eigenvalue weighted by atomic mass is 31.1. The summed E-state index contributed by atoms with van der Waals surface area (Å²) in [7, 11) is -1.85. The molecule has 0 aliphatic rings. The maximum absolute atomic E-state index is 11.3. The van der Waals surface area contributed by atoms with Crippen LogP contribution in [-0.2, 0) is 15.3 Å². The first kappa shape index (κ1) is 10.5. The van der Waals surface area contributed by atoms with E-state index in [2.05, 4.69) is 0 Å². The van der Waals surface area contributed by atoms with Crippen molar-refractivity contribution in [2.75, 3.05) is 6.61 Å². The first-order valence-corrected chi connectivity index (χ1v) is 6.05. The molecule has 0 spiro atoms. The third-order valence-electron chi connectivity index (χ3n) is 1.66. The average Bonchev–Trinajstić information content (AvgIpc) is 2.16. The van der Waals surface area contributed by atoms with E-state index in [0.29, 0.717) is 12.8 Å². The van der Waals surface area contributed by atoms with Crippen LogP contribution in [0.15, 0.2) is 30.3 Å². The minimum absolute atomic E-state index is 0.561. The fraction of sp³-hybridized carbons (Fsp3) is 0.400. The third-order valence-corrected chi connectivity index (χ3v) is 2.88. The Bertz CT molecular complexity index is 259. The zero-order valence-corrected chi connectivity index (χ0v) is 8.82. The Labute approximate surface area is 79.8 Å². The second-order valence-electron chi connectivity index (χ2n) is 2.88. The lowest BCUT2D eigenvalue weighted by atomic mass is 10.2. The van der Waals surface area contributed by atoms with Crippen molar-refractivity contribution in [1.82, 2.24) is 0 Å². The van der Waals surface area contributed by atoms with Crippen molar-refractivity contribution in [3.05, 3.63) is 35.9 Å². The molecule has 1 aromatic carbocycles.